The molecule has 1 aliphatic rings. The van der Waals surface area contributed by atoms with Crippen LogP contribution in [0.15, 0.2) is 24.3 Å². The Bertz CT molecular complexity index is 525. The van der Waals surface area contributed by atoms with E-state index in [0.29, 0.717) is 16.6 Å². The SMILES string of the molecule is O=C(/C=C/c1ccc(Cl)c(Cl)c1)NCC1(CCO)CC1. The van der Waals surface area contributed by atoms with E-state index in [4.69, 9.17) is 28.3 Å². The smallest absolute Gasteiger partial charge is 0.244 e. The first-order valence-corrected chi connectivity index (χ1v) is 7.32. The molecule has 2 N–H and O–H groups in total. The van der Waals surface area contributed by atoms with Crippen LogP contribution in [0.2, 0.25) is 10.0 Å². The van der Waals surface area contributed by atoms with Crippen molar-refractivity contribution in [2.24, 2.45) is 5.41 Å². The highest BCUT2D eigenvalue weighted by atomic mass is 35.5. The molecule has 0 heterocycles. The Labute approximate surface area is 128 Å². The van der Waals surface area contributed by atoms with Crippen molar-refractivity contribution in [2.45, 2.75) is 19.3 Å². The van der Waals surface area contributed by atoms with Gasteiger partial charge < -0.3 is 10.4 Å². The fourth-order valence-corrected chi connectivity index (χ4v) is 2.36. The van der Waals surface area contributed by atoms with Gasteiger partial charge in [-0.1, -0.05) is 29.3 Å². The molecule has 20 heavy (non-hydrogen) atoms. The van der Waals surface area contributed by atoms with Gasteiger partial charge in [0, 0.05) is 19.2 Å². The molecule has 0 bridgehead atoms. The van der Waals surface area contributed by atoms with Gasteiger partial charge in [-0.25, -0.2) is 0 Å². The summed E-state index contributed by atoms with van der Waals surface area (Å²) in [5.74, 6) is -0.139. The van der Waals surface area contributed by atoms with Crippen molar-refractivity contribution in [1.29, 1.82) is 0 Å². The fourth-order valence-electron chi connectivity index (χ4n) is 2.05. The highest BCUT2D eigenvalue weighted by Gasteiger charge is 2.41. The van der Waals surface area contributed by atoms with Gasteiger partial charge in [-0.05, 0) is 48.4 Å². The van der Waals surface area contributed by atoms with Gasteiger partial charge in [0.05, 0.1) is 10.0 Å². The lowest BCUT2D eigenvalue weighted by Crippen LogP contribution is -2.29. The predicted molar refractivity (Wildman–Crippen MR) is 81.9 cm³/mol. The Hall–Kier alpha value is -1.03. The summed E-state index contributed by atoms with van der Waals surface area (Å²) in [6, 6.07) is 5.20. The molecule has 3 nitrogen and oxygen atoms in total. The third-order valence-electron chi connectivity index (χ3n) is 3.61. The molecule has 0 atom stereocenters. The topological polar surface area (TPSA) is 49.3 Å². The lowest BCUT2D eigenvalue weighted by molar-refractivity contribution is -0.116. The third-order valence-corrected chi connectivity index (χ3v) is 4.35. The second-order valence-corrected chi connectivity index (χ2v) is 6.01. The van der Waals surface area contributed by atoms with E-state index in [1.807, 2.05) is 0 Å². The van der Waals surface area contributed by atoms with Crippen LogP contribution in [-0.4, -0.2) is 24.2 Å². The number of carbonyl (C=O) groups is 1. The van der Waals surface area contributed by atoms with Crippen LogP contribution in [0, 0.1) is 5.41 Å². The number of nitrogens with one attached hydrogen (secondary N) is 1. The van der Waals surface area contributed by atoms with Crippen LogP contribution in [0.25, 0.3) is 6.08 Å². The van der Waals surface area contributed by atoms with E-state index in [-0.39, 0.29) is 17.9 Å². The number of aliphatic hydroxyl groups is 1. The summed E-state index contributed by atoms with van der Waals surface area (Å²) >= 11 is 11.7. The molecule has 1 saturated carbocycles. The van der Waals surface area contributed by atoms with Crippen molar-refractivity contribution in [3.8, 4) is 0 Å². The molecule has 0 aromatic heterocycles. The molecule has 0 unspecified atom stereocenters. The van der Waals surface area contributed by atoms with Gasteiger partial charge in [-0.3, -0.25) is 4.79 Å². The van der Waals surface area contributed by atoms with E-state index in [9.17, 15) is 4.79 Å². The van der Waals surface area contributed by atoms with Crippen molar-refractivity contribution in [3.05, 3.63) is 39.9 Å². The number of rotatable bonds is 6. The zero-order chi connectivity index (χ0) is 14.6. The van der Waals surface area contributed by atoms with E-state index in [0.717, 1.165) is 24.8 Å². The van der Waals surface area contributed by atoms with Gasteiger partial charge in [0.1, 0.15) is 0 Å². The van der Waals surface area contributed by atoms with Crippen molar-refractivity contribution in [2.75, 3.05) is 13.2 Å². The van der Waals surface area contributed by atoms with Gasteiger partial charge in [0.2, 0.25) is 5.91 Å². The maximum absolute atomic E-state index is 11.7. The summed E-state index contributed by atoms with van der Waals surface area (Å²) in [6.07, 6.45) is 6.08. The average Bonchev–Trinajstić information content (AvgIpc) is 3.18. The second-order valence-electron chi connectivity index (χ2n) is 5.20. The number of carbonyl (C=O) groups excluding carboxylic acids is 1. The van der Waals surface area contributed by atoms with Crippen molar-refractivity contribution in [3.63, 3.8) is 0 Å². The highest BCUT2D eigenvalue weighted by Crippen LogP contribution is 2.47. The van der Waals surface area contributed by atoms with Crippen LogP contribution in [0.4, 0.5) is 0 Å². The van der Waals surface area contributed by atoms with Gasteiger partial charge in [-0.2, -0.15) is 0 Å². The van der Waals surface area contributed by atoms with Crippen LogP contribution in [0.5, 0.6) is 0 Å². The van der Waals surface area contributed by atoms with E-state index >= 15 is 0 Å². The fraction of sp³-hybridized carbons (Fsp3) is 0.400. The lowest BCUT2D eigenvalue weighted by atomic mass is 10.0. The molecule has 0 aliphatic heterocycles. The molecule has 1 aliphatic carbocycles. The van der Waals surface area contributed by atoms with Gasteiger partial charge in [0.15, 0.2) is 0 Å². The minimum Gasteiger partial charge on any atom is -0.396 e. The van der Waals surface area contributed by atoms with Gasteiger partial charge in [-0.15, -0.1) is 0 Å². The maximum Gasteiger partial charge on any atom is 0.244 e. The van der Waals surface area contributed by atoms with Crippen LogP contribution in [-0.2, 0) is 4.79 Å². The van der Waals surface area contributed by atoms with Crippen molar-refractivity contribution in [1.82, 2.24) is 5.32 Å². The molecule has 0 saturated heterocycles. The number of amides is 1. The Kier molecular flexibility index (Phi) is 5.08. The Morgan fingerprint density at radius 2 is 2.10 bits per heavy atom. The second kappa shape index (κ2) is 6.61. The van der Waals surface area contributed by atoms with Gasteiger partial charge >= 0.3 is 0 Å². The number of benzene rings is 1. The molecule has 1 aromatic rings. The summed E-state index contributed by atoms with van der Waals surface area (Å²) in [5.41, 5.74) is 0.952. The monoisotopic (exact) mass is 313 g/mol. The van der Waals surface area contributed by atoms with E-state index in [1.54, 1.807) is 24.3 Å². The third kappa shape index (κ3) is 4.23. The minimum absolute atomic E-state index is 0.127. The summed E-state index contributed by atoms with van der Waals surface area (Å²) in [5, 5.41) is 12.8. The molecule has 0 radical (unpaired) electrons. The largest absolute Gasteiger partial charge is 0.396 e. The first-order valence-electron chi connectivity index (χ1n) is 6.56. The Morgan fingerprint density at radius 1 is 1.35 bits per heavy atom. The molecule has 1 fully saturated rings. The molecule has 2 rings (SSSR count). The quantitative estimate of drug-likeness (QED) is 0.792. The molecule has 1 amide bonds. The Morgan fingerprint density at radius 3 is 2.70 bits per heavy atom. The summed E-state index contributed by atoms with van der Waals surface area (Å²) < 4.78 is 0. The zero-order valence-corrected chi connectivity index (χ0v) is 12.5. The summed E-state index contributed by atoms with van der Waals surface area (Å²) in [4.78, 5) is 11.7. The molecule has 1 aromatic carbocycles. The van der Waals surface area contributed by atoms with Crippen LogP contribution < -0.4 is 5.32 Å². The number of aliphatic hydroxyl groups excluding tert-OH is 1. The standard InChI is InChI=1S/C15H17Cl2NO2/c16-12-3-1-11(9-13(12)17)2-4-14(20)18-10-15(5-6-15)7-8-19/h1-4,9,19H,5-8,10H2,(H,18,20)/b4-2+. The number of hydrogen-bond donors (Lipinski definition) is 2. The first-order chi connectivity index (χ1) is 9.54. The molecule has 0 spiro atoms. The van der Waals surface area contributed by atoms with Crippen LogP contribution in [0.3, 0.4) is 0 Å². The zero-order valence-electron chi connectivity index (χ0n) is 11.0. The number of hydrogen-bond acceptors (Lipinski definition) is 2. The summed E-state index contributed by atoms with van der Waals surface area (Å²) in [7, 11) is 0. The average molecular weight is 314 g/mol. The molecule has 108 valence electrons. The summed E-state index contributed by atoms with van der Waals surface area (Å²) in [6.45, 7) is 0.799. The van der Waals surface area contributed by atoms with E-state index in [1.165, 1.54) is 6.08 Å². The lowest BCUT2D eigenvalue weighted by Gasteiger charge is -2.13. The van der Waals surface area contributed by atoms with E-state index < -0.39 is 0 Å². The van der Waals surface area contributed by atoms with Gasteiger partial charge in [0.25, 0.3) is 0 Å². The Balaban J connectivity index is 1.84. The van der Waals surface area contributed by atoms with E-state index in [2.05, 4.69) is 5.32 Å². The number of halogens is 2. The molecule has 5 heteroatoms. The minimum atomic E-state index is -0.139. The molecular weight excluding hydrogens is 297 g/mol. The predicted octanol–water partition coefficient (Wildman–Crippen LogP) is 3.29. The normalized spacial score (nSPS) is 16.4. The van der Waals surface area contributed by atoms with Crippen LogP contribution in [0.1, 0.15) is 24.8 Å². The molecular formula is C15H17Cl2NO2. The van der Waals surface area contributed by atoms with Crippen LogP contribution >= 0.6 is 23.2 Å². The van der Waals surface area contributed by atoms with Crippen molar-refractivity contribution >= 4 is 35.2 Å². The highest BCUT2D eigenvalue weighted by molar-refractivity contribution is 6.42. The first kappa shape index (κ1) is 15.4. The maximum atomic E-state index is 11.7. The van der Waals surface area contributed by atoms with Crippen molar-refractivity contribution < 1.29 is 9.90 Å².